The highest BCUT2D eigenvalue weighted by molar-refractivity contribution is 5.89. The normalized spacial score (nSPS) is 15.1. The summed E-state index contributed by atoms with van der Waals surface area (Å²) in [6.45, 7) is 12.0. The highest BCUT2D eigenvalue weighted by atomic mass is 16.2. The second-order valence-corrected chi connectivity index (χ2v) is 6.21. The van der Waals surface area contributed by atoms with E-state index in [2.05, 4.69) is 10.6 Å². The molecule has 0 aromatic carbocycles. The SMILES string of the molecule is CC(C)CNC(=O)C(C)NC(=O)[C@@H](N)C(C)(C)C. The number of nitrogens with two attached hydrogens (primary N) is 1. The Morgan fingerprint density at radius 1 is 1.11 bits per heavy atom. The second-order valence-electron chi connectivity index (χ2n) is 6.21. The minimum absolute atomic E-state index is 0.182. The first-order valence-corrected chi connectivity index (χ1v) is 6.39. The number of nitrogens with one attached hydrogen (secondary N) is 2. The Kier molecular flexibility index (Phi) is 6.32. The molecule has 0 saturated carbocycles. The fourth-order valence-corrected chi connectivity index (χ4v) is 1.22. The zero-order valence-corrected chi connectivity index (χ0v) is 12.3. The van der Waals surface area contributed by atoms with Crippen molar-refractivity contribution >= 4 is 11.8 Å². The topological polar surface area (TPSA) is 84.2 Å². The molecule has 18 heavy (non-hydrogen) atoms. The monoisotopic (exact) mass is 257 g/mol. The van der Waals surface area contributed by atoms with E-state index in [9.17, 15) is 9.59 Å². The van der Waals surface area contributed by atoms with Crippen LogP contribution < -0.4 is 16.4 Å². The van der Waals surface area contributed by atoms with Crippen molar-refractivity contribution in [2.75, 3.05) is 6.54 Å². The predicted molar refractivity (Wildman–Crippen MR) is 72.9 cm³/mol. The van der Waals surface area contributed by atoms with E-state index in [4.69, 9.17) is 5.73 Å². The van der Waals surface area contributed by atoms with Crippen molar-refractivity contribution in [2.24, 2.45) is 17.1 Å². The molecular formula is C13H27N3O2. The molecule has 0 aliphatic heterocycles. The third-order valence-electron chi connectivity index (χ3n) is 2.65. The van der Waals surface area contributed by atoms with Crippen LogP contribution in [0.1, 0.15) is 41.5 Å². The first kappa shape index (κ1) is 16.9. The summed E-state index contributed by atoms with van der Waals surface area (Å²) in [6, 6.07) is -1.19. The van der Waals surface area contributed by atoms with Gasteiger partial charge in [0.05, 0.1) is 6.04 Å². The zero-order valence-electron chi connectivity index (χ0n) is 12.3. The van der Waals surface area contributed by atoms with Crippen LogP contribution in [0.2, 0.25) is 0 Å². The van der Waals surface area contributed by atoms with Crippen LogP contribution in [0.25, 0.3) is 0 Å². The lowest BCUT2D eigenvalue weighted by Crippen LogP contribution is -2.54. The smallest absolute Gasteiger partial charge is 0.242 e. The number of amides is 2. The minimum atomic E-state index is -0.627. The summed E-state index contributed by atoms with van der Waals surface area (Å²) in [6.07, 6.45) is 0. The van der Waals surface area contributed by atoms with Gasteiger partial charge < -0.3 is 16.4 Å². The minimum Gasteiger partial charge on any atom is -0.354 e. The maximum Gasteiger partial charge on any atom is 0.242 e. The van der Waals surface area contributed by atoms with Gasteiger partial charge in [0.25, 0.3) is 0 Å². The average molecular weight is 257 g/mol. The average Bonchev–Trinajstić information content (AvgIpc) is 2.22. The summed E-state index contributed by atoms with van der Waals surface area (Å²) in [5.74, 6) is -0.0958. The molecule has 0 bridgehead atoms. The van der Waals surface area contributed by atoms with Gasteiger partial charge in [-0.2, -0.15) is 0 Å². The Balaban J connectivity index is 4.27. The van der Waals surface area contributed by atoms with E-state index in [1.165, 1.54) is 0 Å². The van der Waals surface area contributed by atoms with Gasteiger partial charge in [0, 0.05) is 6.54 Å². The Morgan fingerprint density at radius 2 is 1.61 bits per heavy atom. The molecule has 4 N–H and O–H groups in total. The maximum atomic E-state index is 11.8. The van der Waals surface area contributed by atoms with Crippen LogP contribution in [0, 0.1) is 11.3 Å². The molecule has 106 valence electrons. The Hall–Kier alpha value is -1.10. The van der Waals surface area contributed by atoms with E-state index < -0.39 is 12.1 Å². The molecule has 0 radical (unpaired) electrons. The summed E-state index contributed by atoms with van der Waals surface area (Å²) in [7, 11) is 0. The molecule has 2 amide bonds. The fourth-order valence-electron chi connectivity index (χ4n) is 1.22. The van der Waals surface area contributed by atoms with Gasteiger partial charge in [-0.25, -0.2) is 0 Å². The second kappa shape index (κ2) is 6.73. The van der Waals surface area contributed by atoms with E-state index >= 15 is 0 Å². The summed E-state index contributed by atoms with van der Waals surface area (Å²) in [5.41, 5.74) is 5.50. The fraction of sp³-hybridized carbons (Fsp3) is 0.846. The van der Waals surface area contributed by atoms with E-state index in [0.717, 1.165) is 0 Å². The molecular weight excluding hydrogens is 230 g/mol. The van der Waals surface area contributed by atoms with Gasteiger partial charge in [-0.3, -0.25) is 9.59 Å². The molecule has 0 heterocycles. The van der Waals surface area contributed by atoms with E-state index in [1.807, 2.05) is 34.6 Å². The van der Waals surface area contributed by atoms with Crippen molar-refractivity contribution in [2.45, 2.75) is 53.6 Å². The van der Waals surface area contributed by atoms with Crippen molar-refractivity contribution in [3.05, 3.63) is 0 Å². The lowest BCUT2D eigenvalue weighted by Gasteiger charge is -2.27. The maximum absolute atomic E-state index is 11.8. The van der Waals surface area contributed by atoms with Gasteiger partial charge in [0.2, 0.25) is 11.8 Å². The zero-order chi connectivity index (χ0) is 14.5. The van der Waals surface area contributed by atoms with Crippen LogP contribution in [0.5, 0.6) is 0 Å². The third kappa shape index (κ3) is 6.00. The van der Waals surface area contributed by atoms with Crippen molar-refractivity contribution in [3.8, 4) is 0 Å². The third-order valence-corrected chi connectivity index (χ3v) is 2.65. The molecule has 0 spiro atoms. The highest BCUT2D eigenvalue weighted by Gasteiger charge is 2.29. The number of carbonyl (C=O) groups is 2. The van der Waals surface area contributed by atoms with E-state index in [-0.39, 0.29) is 17.2 Å². The van der Waals surface area contributed by atoms with Gasteiger partial charge in [-0.15, -0.1) is 0 Å². The van der Waals surface area contributed by atoms with Crippen LogP contribution >= 0.6 is 0 Å². The Morgan fingerprint density at radius 3 is 2.00 bits per heavy atom. The van der Waals surface area contributed by atoms with E-state index in [0.29, 0.717) is 12.5 Å². The summed E-state index contributed by atoms with van der Waals surface area (Å²) < 4.78 is 0. The molecule has 0 saturated heterocycles. The number of hydrogen-bond donors (Lipinski definition) is 3. The van der Waals surface area contributed by atoms with Gasteiger partial charge in [-0.05, 0) is 18.3 Å². The molecule has 0 rings (SSSR count). The van der Waals surface area contributed by atoms with Crippen molar-refractivity contribution in [3.63, 3.8) is 0 Å². The first-order valence-electron chi connectivity index (χ1n) is 6.39. The van der Waals surface area contributed by atoms with Crippen LogP contribution in [0.15, 0.2) is 0 Å². The first-order chi connectivity index (χ1) is 8.05. The number of carbonyl (C=O) groups excluding carboxylic acids is 2. The van der Waals surface area contributed by atoms with Crippen LogP contribution in [0.4, 0.5) is 0 Å². The largest absolute Gasteiger partial charge is 0.354 e. The van der Waals surface area contributed by atoms with Crippen molar-refractivity contribution in [1.82, 2.24) is 10.6 Å². The molecule has 0 aromatic rings. The molecule has 0 aliphatic carbocycles. The lowest BCUT2D eigenvalue weighted by atomic mass is 9.87. The van der Waals surface area contributed by atoms with Crippen molar-refractivity contribution < 1.29 is 9.59 Å². The van der Waals surface area contributed by atoms with Crippen LogP contribution in [-0.4, -0.2) is 30.4 Å². The van der Waals surface area contributed by atoms with E-state index in [1.54, 1.807) is 6.92 Å². The number of hydrogen-bond acceptors (Lipinski definition) is 3. The molecule has 5 nitrogen and oxygen atoms in total. The quantitative estimate of drug-likeness (QED) is 0.675. The van der Waals surface area contributed by atoms with Crippen LogP contribution in [-0.2, 0) is 9.59 Å². The summed E-state index contributed by atoms with van der Waals surface area (Å²) in [4.78, 5) is 23.5. The molecule has 1 unspecified atom stereocenters. The molecule has 0 aliphatic rings. The van der Waals surface area contributed by atoms with Gasteiger partial charge >= 0.3 is 0 Å². The Labute approximate surface area is 110 Å². The predicted octanol–water partition coefficient (Wildman–Crippen LogP) is 0.637. The molecule has 5 heteroatoms. The van der Waals surface area contributed by atoms with Gasteiger partial charge in [-0.1, -0.05) is 34.6 Å². The molecule has 2 atom stereocenters. The standard InChI is InChI=1S/C13H27N3O2/c1-8(2)7-15-11(17)9(3)16-12(18)10(14)13(4,5)6/h8-10H,7,14H2,1-6H3,(H,15,17)(H,16,18)/t9?,10-/m1/s1. The number of rotatable bonds is 5. The van der Waals surface area contributed by atoms with Gasteiger partial charge in [0.15, 0.2) is 0 Å². The van der Waals surface area contributed by atoms with Crippen molar-refractivity contribution in [1.29, 1.82) is 0 Å². The van der Waals surface area contributed by atoms with Crippen LogP contribution in [0.3, 0.4) is 0 Å². The highest BCUT2D eigenvalue weighted by Crippen LogP contribution is 2.17. The molecule has 0 aromatic heterocycles. The summed E-state index contributed by atoms with van der Waals surface area (Å²) in [5, 5.41) is 5.40. The molecule has 0 fully saturated rings. The Bertz CT molecular complexity index is 295. The summed E-state index contributed by atoms with van der Waals surface area (Å²) >= 11 is 0. The van der Waals surface area contributed by atoms with Gasteiger partial charge in [0.1, 0.15) is 6.04 Å². The lowest BCUT2D eigenvalue weighted by molar-refractivity contribution is -0.130.